The van der Waals surface area contributed by atoms with E-state index in [0.717, 1.165) is 4.57 Å². The summed E-state index contributed by atoms with van der Waals surface area (Å²) in [5.41, 5.74) is -0.480. The minimum Gasteiger partial charge on any atom is -0.493 e. The van der Waals surface area contributed by atoms with Crippen molar-refractivity contribution >= 4 is 23.1 Å². The van der Waals surface area contributed by atoms with Crippen molar-refractivity contribution in [1.29, 1.82) is 0 Å². The minimum absolute atomic E-state index is 0.150. The van der Waals surface area contributed by atoms with Crippen LogP contribution in [0.5, 0.6) is 17.2 Å². The lowest BCUT2D eigenvalue weighted by Crippen LogP contribution is -2.49. The molecule has 0 radical (unpaired) electrons. The van der Waals surface area contributed by atoms with Crippen molar-refractivity contribution < 1.29 is 34.0 Å². The zero-order chi connectivity index (χ0) is 29.8. The molecule has 41 heavy (non-hydrogen) atoms. The number of carbonyl (C=O) groups excluding carboxylic acids is 1. The lowest BCUT2D eigenvalue weighted by molar-refractivity contribution is 0.0487. The van der Waals surface area contributed by atoms with Crippen molar-refractivity contribution in [3.63, 3.8) is 0 Å². The largest absolute Gasteiger partial charge is 0.493 e. The average Bonchev–Trinajstić information content (AvgIpc) is 3.34. The number of carbonyl (C=O) groups is 1. The van der Waals surface area contributed by atoms with Crippen LogP contribution in [0.2, 0.25) is 0 Å². The molecule has 3 aromatic rings. The molecule has 0 saturated carbocycles. The van der Waals surface area contributed by atoms with Gasteiger partial charge in [0.25, 0.3) is 5.56 Å². The summed E-state index contributed by atoms with van der Waals surface area (Å²) >= 11 is 0. The first-order valence-electron chi connectivity index (χ1n) is 13.0. The molecule has 2 N–H and O–H groups in total. The van der Waals surface area contributed by atoms with Crippen LogP contribution in [0.1, 0.15) is 10.4 Å². The van der Waals surface area contributed by atoms with Crippen LogP contribution in [0.3, 0.4) is 0 Å². The summed E-state index contributed by atoms with van der Waals surface area (Å²) in [6.45, 7) is 2.14. The van der Waals surface area contributed by atoms with Gasteiger partial charge in [0.2, 0.25) is 11.7 Å². The first-order chi connectivity index (χ1) is 19.6. The number of hydrogen-bond donors (Lipinski definition) is 2. The number of esters is 1. The van der Waals surface area contributed by atoms with E-state index in [1.807, 2.05) is 9.80 Å². The second kappa shape index (κ2) is 12.6. The van der Waals surface area contributed by atoms with Gasteiger partial charge in [-0.2, -0.15) is 4.98 Å². The van der Waals surface area contributed by atoms with Gasteiger partial charge in [0.15, 0.2) is 22.7 Å². The highest BCUT2D eigenvalue weighted by Gasteiger charge is 2.26. The molecule has 15 heteroatoms. The molecule has 1 fully saturated rings. The SMILES string of the molecule is COc1cc(C(=O)OCCn2c(=O)c3c(nc(N4CCN(C[C@H](O)CO)CC4)n3C)n(C)c2=O)cc(OC)c1OC. The van der Waals surface area contributed by atoms with E-state index in [1.165, 1.54) is 45.1 Å². The maximum atomic E-state index is 13.4. The third-order valence-electron chi connectivity index (χ3n) is 7.12. The average molecular weight is 577 g/mol. The van der Waals surface area contributed by atoms with E-state index >= 15 is 0 Å². The van der Waals surface area contributed by atoms with Gasteiger partial charge in [-0.15, -0.1) is 0 Å². The lowest BCUT2D eigenvalue weighted by Gasteiger charge is -2.35. The van der Waals surface area contributed by atoms with Crippen LogP contribution in [-0.4, -0.2) is 113 Å². The molecule has 0 aliphatic carbocycles. The monoisotopic (exact) mass is 576 g/mol. The maximum Gasteiger partial charge on any atom is 0.338 e. The molecule has 0 unspecified atom stereocenters. The fourth-order valence-electron chi connectivity index (χ4n) is 4.91. The van der Waals surface area contributed by atoms with Crippen molar-refractivity contribution in [3.05, 3.63) is 38.5 Å². The van der Waals surface area contributed by atoms with Gasteiger partial charge in [-0.25, -0.2) is 9.59 Å². The fraction of sp³-hybridized carbons (Fsp3) is 0.538. The number of imidazole rings is 1. The van der Waals surface area contributed by atoms with Crippen molar-refractivity contribution in [3.8, 4) is 17.2 Å². The summed E-state index contributed by atoms with van der Waals surface area (Å²) < 4.78 is 25.2. The Kier molecular flexibility index (Phi) is 9.20. The molecule has 1 aliphatic rings. The molecule has 1 aromatic carbocycles. The van der Waals surface area contributed by atoms with E-state index in [9.17, 15) is 19.5 Å². The number of anilines is 1. The molecule has 0 spiro atoms. The highest BCUT2D eigenvalue weighted by Crippen LogP contribution is 2.38. The number of aromatic nitrogens is 4. The normalized spacial score (nSPS) is 14.8. The minimum atomic E-state index is -0.800. The number of benzene rings is 1. The number of hydrogen-bond acceptors (Lipinski definition) is 12. The Morgan fingerprint density at radius 3 is 2.20 bits per heavy atom. The van der Waals surface area contributed by atoms with Gasteiger partial charge in [-0.05, 0) is 12.1 Å². The Morgan fingerprint density at radius 2 is 1.63 bits per heavy atom. The Balaban J connectivity index is 1.52. The van der Waals surface area contributed by atoms with E-state index in [2.05, 4.69) is 4.98 Å². The quantitative estimate of drug-likeness (QED) is 0.262. The molecule has 0 bridgehead atoms. The van der Waals surface area contributed by atoms with Gasteiger partial charge in [-0.3, -0.25) is 18.8 Å². The van der Waals surface area contributed by atoms with Crippen LogP contribution >= 0.6 is 0 Å². The molecule has 224 valence electrons. The molecule has 0 amide bonds. The Bertz CT molecular complexity index is 1500. The number of aliphatic hydroxyl groups is 2. The summed E-state index contributed by atoms with van der Waals surface area (Å²) in [7, 11) is 7.56. The standard InChI is InChI=1S/C26H36N6O9/c1-28-20-22(27-25(28)31-8-6-30(7-9-31)14-17(34)15-33)29(2)26(37)32(23(20)35)10-11-41-24(36)16-12-18(38-3)21(40-5)19(13-16)39-4/h12-13,17,33-34H,6-11,14-15H2,1-5H3/t17-/m0/s1. The van der Waals surface area contributed by atoms with Crippen LogP contribution < -0.4 is 30.4 Å². The smallest absolute Gasteiger partial charge is 0.338 e. The summed E-state index contributed by atoms with van der Waals surface area (Å²) in [5.74, 6) is 0.744. The van der Waals surface area contributed by atoms with Crippen LogP contribution in [0.4, 0.5) is 5.95 Å². The van der Waals surface area contributed by atoms with Gasteiger partial charge in [-0.1, -0.05) is 0 Å². The summed E-state index contributed by atoms with van der Waals surface area (Å²) in [6.07, 6.45) is -0.800. The molecule has 1 atom stereocenters. The van der Waals surface area contributed by atoms with Crippen molar-refractivity contribution in [2.75, 3.05) is 72.2 Å². The van der Waals surface area contributed by atoms with Crippen molar-refractivity contribution in [1.82, 2.24) is 23.6 Å². The van der Waals surface area contributed by atoms with E-state index in [4.69, 9.17) is 24.1 Å². The molecular formula is C26H36N6O9. The number of aliphatic hydroxyl groups excluding tert-OH is 2. The van der Waals surface area contributed by atoms with Crippen LogP contribution in [0, 0.1) is 0 Å². The van der Waals surface area contributed by atoms with Gasteiger partial charge in [0.05, 0.1) is 46.1 Å². The first-order valence-corrected chi connectivity index (χ1v) is 13.0. The maximum absolute atomic E-state index is 13.4. The third kappa shape index (κ3) is 5.87. The summed E-state index contributed by atoms with van der Waals surface area (Å²) in [6, 6.07) is 2.90. The molecule has 1 aliphatic heterocycles. The zero-order valence-corrected chi connectivity index (χ0v) is 23.8. The van der Waals surface area contributed by atoms with Gasteiger partial charge in [0.1, 0.15) is 6.61 Å². The molecular weight excluding hydrogens is 540 g/mol. The predicted molar refractivity (Wildman–Crippen MR) is 148 cm³/mol. The Morgan fingerprint density at radius 1 is 1.00 bits per heavy atom. The topological polar surface area (TPSA) is 163 Å². The van der Waals surface area contributed by atoms with Gasteiger partial charge >= 0.3 is 11.7 Å². The summed E-state index contributed by atoms with van der Waals surface area (Å²) in [4.78, 5) is 47.9. The van der Waals surface area contributed by atoms with E-state index in [-0.39, 0.29) is 48.0 Å². The highest BCUT2D eigenvalue weighted by molar-refractivity contribution is 5.91. The lowest BCUT2D eigenvalue weighted by atomic mass is 10.2. The second-order valence-corrected chi connectivity index (χ2v) is 9.62. The highest BCUT2D eigenvalue weighted by atomic mass is 16.5. The van der Waals surface area contributed by atoms with Crippen LogP contribution in [-0.2, 0) is 25.4 Å². The zero-order valence-electron chi connectivity index (χ0n) is 23.8. The van der Waals surface area contributed by atoms with E-state index in [1.54, 1.807) is 11.6 Å². The number of ether oxygens (including phenoxy) is 4. The number of methoxy groups -OCH3 is 3. The molecule has 2 aromatic heterocycles. The van der Waals surface area contributed by atoms with E-state index in [0.29, 0.717) is 44.4 Å². The number of aryl methyl sites for hydroxylation is 2. The number of rotatable bonds is 11. The first kappa shape index (κ1) is 29.9. The summed E-state index contributed by atoms with van der Waals surface area (Å²) in [5, 5.41) is 18.8. The molecule has 3 heterocycles. The van der Waals surface area contributed by atoms with E-state index < -0.39 is 23.3 Å². The Labute approximate surface area is 235 Å². The number of nitrogens with zero attached hydrogens (tertiary/aromatic N) is 6. The predicted octanol–water partition coefficient (Wildman–Crippen LogP) is -1.21. The molecule has 1 saturated heterocycles. The molecule has 4 rings (SSSR count). The number of β-amino-alcohol motifs (C(OH)–C–C–N with tert-alkyl or cyclic N) is 1. The number of fused-ring (bicyclic) bond motifs is 1. The Hall–Kier alpha value is -4.08. The third-order valence-corrected chi connectivity index (χ3v) is 7.12. The van der Waals surface area contributed by atoms with Gasteiger partial charge < -0.3 is 38.6 Å². The number of piperazine rings is 1. The van der Waals surface area contributed by atoms with Crippen LogP contribution in [0.15, 0.2) is 21.7 Å². The van der Waals surface area contributed by atoms with Crippen molar-refractivity contribution in [2.24, 2.45) is 14.1 Å². The second-order valence-electron chi connectivity index (χ2n) is 9.62. The molecule has 15 nitrogen and oxygen atoms in total. The van der Waals surface area contributed by atoms with Crippen molar-refractivity contribution in [2.45, 2.75) is 12.6 Å². The van der Waals surface area contributed by atoms with Crippen LogP contribution in [0.25, 0.3) is 11.2 Å². The van der Waals surface area contributed by atoms with Gasteiger partial charge in [0, 0.05) is 46.8 Å². The fourth-order valence-corrected chi connectivity index (χ4v) is 4.91.